The molecule has 1 aromatic heterocycles. The molecule has 0 spiro atoms. The third-order valence-electron chi connectivity index (χ3n) is 2.96. The molecule has 0 saturated heterocycles. The van der Waals surface area contributed by atoms with Gasteiger partial charge < -0.3 is 10.5 Å². The summed E-state index contributed by atoms with van der Waals surface area (Å²) in [6.07, 6.45) is 1.66. The molecule has 100 valence electrons. The number of rotatable bonds is 7. The zero-order valence-electron chi connectivity index (χ0n) is 11.3. The molecule has 0 aliphatic carbocycles. The summed E-state index contributed by atoms with van der Waals surface area (Å²) in [5.41, 5.74) is 7.10. The number of methoxy groups -OCH3 is 1. The summed E-state index contributed by atoms with van der Waals surface area (Å²) in [6.45, 7) is 6.55. The van der Waals surface area contributed by atoms with Gasteiger partial charge in [-0.25, -0.2) is 0 Å². The Balaban J connectivity index is 2.84. The lowest BCUT2D eigenvalue weighted by molar-refractivity contribution is 0.0981. The molecule has 0 aliphatic heterocycles. The molecule has 3 N–H and O–H groups in total. The van der Waals surface area contributed by atoms with Crippen LogP contribution in [0.3, 0.4) is 0 Å². The van der Waals surface area contributed by atoms with Gasteiger partial charge in [-0.15, -0.1) is 0 Å². The van der Waals surface area contributed by atoms with Gasteiger partial charge in [0.15, 0.2) is 0 Å². The molecular weight excluding hydrogens is 228 g/mol. The van der Waals surface area contributed by atoms with Gasteiger partial charge in [0.2, 0.25) is 0 Å². The van der Waals surface area contributed by atoms with Crippen LogP contribution in [0, 0.1) is 5.41 Å². The second kappa shape index (κ2) is 7.08. The highest BCUT2D eigenvalue weighted by Crippen LogP contribution is 2.11. The van der Waals surface area contributed by atoms with E-state index in [4.69, 9.17) is 15.9 Å². The lowest BCUT2D eigenvalue weighted by Crippen LogP contribution is -2.36. The first-order valence-electron chi connectivity index (χ1n) is 6.11. The van der Waals surface area contributed by atoms with Gasteiger partial charge in [-0.3, -0.25) is 15.3 Å². The van der Waals surface area contributed by atoms with E-state index in [2.05, 4.69) is 23.7 Å². The number of nitrogens with one attached hydrogen (secondary N) is 1. The molecule has 5 heteroatoms. The number of likely N-dealkylation sites (N-methyl/N-ethyl adjacent to an activating group) is 1. The van der Waals surface area contributed by atoms with Crippen LogP contribution in [-0.4, -0.2) is 42.0 Å². The van der Waals surface area contributed by atoms with E-state index in [1.165, 1.54) is 0 Å². The summed E-state index contributed by atoms with van der Waals surface area (Å²) in [7, 11) is 1.70. The molecule has 0 radical (unpaired) electrons. The van der Waals surface area contributed by atoms with Gasteiger partial charge in [-0.1, -0.05) is 13.0 Å². The number of nitrogen functional groups attached to an aromatic ring is 1. The Morgan fingerprint density at radius 3 is 2.89 bits per heavy atom. The summed E-state index contributed by atoms with van der Waals surface area (Å²) in [6, 6.07) is 4.16. The van der Waals surface area contributed by atoms with Crippen molar-refractivity contribution in [1.82, 2.24) is 9.88 Å². The van der Waals surface area contributed by atoms with Crippen molar-refractivity contribution in [1.29, 1.82) is 5.41 Å². The van der Waals surface area contributed by atoms with Crippen molar-refractivity contribution >= 4 is 5.84 Å². The third-order valence-corrected chi connectivity index (χ3v) is 2.96. The molecular formula is C13H22N4O. The van der Waals surface area contributed by atoms with E-state index in [-0.39, 0.29) is 5.84 Å². The van der Waals surface area contributed by atoms with Crippen LogP contribution in [-0.2, 0) is 11.3 Å². The Morgan fingerprint density at radius 2 is 2.33 bits per heavy atom. The van der Waals surface area contributed by atoms with E-state index in [1.807, 2.05) is 12.1 Å². The van der Waals surface area contributed by atoms with Crippen molar-refractivity contribution in [3.63, 3.8) is 0 Å². The standard InChI is InChI=1S/C13H22N4O/c1-4-17(10(2)9-18-3)8-11-6-5-7-16-12(11)13(14)15/h5-7,10H,4,8-9H2,1-3H3,(H3,14,15). The number of hydrogen-bond donors (Lipinski definition) is 2. The van der Waals surface area contributed by atoms with Gasteiger partial charge in [0.25, 0.3) is 0 Å². The largest absolute Gasteiger partial charge is 0.383 e. The third kappa shape index (κ3) is 3.78. The van der Waals surface area contributed by atoms with Crippen LogP contribution in [0.2, 0.25) is 0 Å². The number of aromatic nitrogens is 1. The van der Waals surface area contributed by atoms with Gasteiger partial charge >= 0.3 is 0 Å². The number of nitrogens with zero attached hydrogens (tertiary/aromatic N) is 2. The number of ether oxygens (including phenoxy) is 1. The summed E-state index contributed by atoms with van der Waals surface area (Å²) in [5, 5.41) is 7.54. The van der Waals surface area contributed by atoms with E-state index in [9.17, 15) is 0 Å². The molecule has 0 aliphatic rings. The maximum atomic E-state index is 7.54. The predicted molar refractivity (Wildman–Crippen MR) is 72.7 cm³/mol. The Hall–Kier alpha value is -1.46. The van der Waals surface area contributed by atoms with Crippen LogP contribution in [0.15, 0.2) is 18.3 Å². The zero-order valence-corrected chi connectivity index (χ0v) is 11.3. The normalized spacial score (nSPS) is 12.7. The average Bonchev–Trinajstić information content (AvgIpc) is 2.36. The highest BCUT2D eigenvalue weighted by Gasteiger charge is 2.15. The predicted octanol–water partition coefficient (Wildman–Crippen LogP) is 1.22. The van der Waals surface area contributed by atoms with Crippen LogP contribution < -0.4 is 5.73 Å². The van der Waals surface area contributed by atoms with Crippen molar-refractivity contribution in [2.75, 3.05) is 20.3 Å². The van der Waals surface area contributed by atoms with Gasteiger partial charge in [-0.2, -0.15) is 0 Å². The molecule has 1 atom stereocenters. The first-order chi connectivity index (χ1) is 8.60. The summed E-state index contributed by atoms with van der Waals surface area (Å²) in [5.74, 6) is 0.0149. The molecule has 1 unspecified atom stereocenters. The lowest BCUT2D eigenvalue weighted by atomic mass is 10.1. The molecule has 1 rings (SSSR count). The van der Waals surface area contributed by atoms with Crippen LogP contribution >= 0.6 is 0 Å². The average molecular weight is 250 g/mol. The molecule has 1 aromatic rings. The monoisotopic (exact) mass is 250 g/mol. The Labute approximate surface area is 108 Å². The number of pyridine rings is 1. The minimum atomic E-state index is 0.0149. The lowest BCUT2D eigenvalue weighted by Gasteiger charge is -2.27. The van der Waals surface area contributed by atoms with Gasteiger partial charge in [-0.05, 0) is 25.1 Å². The van der Waals surface area contributed by atoms with Crippen LogP contribution in [0.1, 0.15) is 25.1 Å². The minimum Gasteiger partial charge on any atom is -0.383 e. The molecule has 1 heterocycles. The minimum absolute atomic E-state index is 0.0149. The van der Waals surface area contributed by atoms with E-state index in [0.29, 0.717) is 18.3 Å². The summed E-state index contributed by atoms with van der Waals surface area (Å²) in [4.78, 5) is 6.43. The van der Waals surface area contributed by atoms with Crippen LogP contribution in [0.25, 0.3) is 0 Å². The van der Waals surface area contributed by atoms with E-state index >= 15 is 0 Å². The van der Waals surface area contributed by atoms with Gasteiger partial charge in [0.1, 0.15) is 11.5 Å². The molecule has 0 bridgehead atoms. The second-order valence-corrected chi connectivity index (χ2v) is 4.29. The van der Waals surface area contributed by atoms with Crippen LogP contribution in [0.4, 0.5) is 0 Å². The topological polar surface area (TPSA) is 75.2 Å². The first-order valence-corrected chi connectivity index (χ1v) is 6.11. The molecule has 0 saturated carbocycles. The number of hydrogen-bond acceptors (Lipinski definition) is 4. The Morgan fingerprint density at radius 1 is 1.61 bits per heavy atom. The summed E-state index contributed by atoms with van der Waals surface area (Å²) >= 11 is 0. The van der Waals surface area contributed by atoms with Gasteiger partial charge in [0, 0.05) is 25.9 Å². The quantitative estimate of drug-likeness (QED) is 0.563. The van der Waals surface area contributed by atoms with E-state index < -0.39 is 0 Å². The van der Waals surface area contributed by atoms with Crippen molar-refractivity contribution < 1.29 is 4.74 Å². The molecule has 5 nitrogen and oxygen atoms in total. The van der Waals surface area contributed by atoms with Crippen LogP contribution in [0.5, 0.6) is 0 Å². The number of amidine groups is 1. The van der Waals surface area contributed by atoms with Crippen molar-refractivity contribution in [3.05, 3.63) is 29.6 Å². The van der Waals surface area contributed by atoms with Crippen molar-refractivity contribution in [2.24, 2.45) is 5.73 Å². The zero-order chi connectivity index (χ0) is 13.5. The molecule has 0 fully saturated rings. The highest BCUT2D eigenvalue weighted by atomic mass is 16.5. The fourth-order valence-corrected chi connectivity index (χ4v) is 1.95. The Bertz CT molecular complexity index is 394. The Kier molecular flexibility index (Phi) is 5.74. The SMILES string of the molecule is CCN(Cc1cccnc1C(=N)N)C(C)COC. The van der Waals surface area contributed by atoms with Crippen molar-refractivity contribution in [2.45, 2.75) is 26.4 Å². The highest BCUT2D eigenvalue weighted by molar-refractivity contribution is 5.94. The first kappa shape index (κ1) is 14.6. The molecule has 18 heavy (non-hydrogen) atoms. The fourth-order valence-electron chi connectivity index (χ4n) is 1.95. The second-order valence-electron chi connectivity index (χ2n) is 4.29. The smallest absolute Gasteiger partial charge is 0.142 e. The van der Waals surface area contributed by atoms with Crippen molar-refractivity contribution in [3.8, 4) is 0 Å². The fraction of sp³-hybridized carbons (Fsp3) is 0.538. The molecule has 0 amide bonds. The van der Waals surface area contributed by atoms with Gasteiger partial charge in [0.05, 0.1) is 6.61 Å². The maximum Gasteiger partial charge on any atom is 0.142 e. The van der Waals surface area contributed by atoms with E-state index in [0.717, 1.165) is 18.7 Å². The maximum absolute atomic E-state index is 7.54. The molecule has 0 aromatic carbocycles. The van der Waals surface area contributed by atoms with E-state index in [1.54, 1.807) is 13.3 Å². The summed E-state index contributed by atoms with van der Waals surface area (Å²) < 4.78 is 5.18. The number of nitrogens with two attached hydrogens (primary N) is 1.